The molecule has 214 valence electrons. The van der Waals surface area contributed by atoms with Crippen LogP contribution < -0.4 is 10.6 Å². The lowest BCUT2D eigenvalue weighted by molar-refractivity contribution is -0.126. The molecule has 2 aromatic rings. The lowest BCUT2D eigenvalue weighted by Crippen LogP contribution is -2.55. The minimum Gasteiger partial charge on any atom is -0.355 e. The van der Waals surface area contributed by atoms with Crippen LogP contribution in [0.5, 0.6) is 0 Å². The number of hydrogen-bond acceptors (Lipinski definition) is 4. The highest BCUT2D eigenvalue weighted by molar-refractivity contribution is 5.98. The van der Waals surface area contributed by atoms with E-state index in [0.717, 1.165) is 18.4 Å². The molecule has 5 rings (SSSR count). The van der Waals surface area contributed by atoms with Crippen LogP contribution in [-0.4, -0.2) is 76.3 Å². The summed E-state index contributed by atoms with van der Waals surface area (Å²) in [5.74, 6) is -2.03. The summed E-state index contributed by atoms with van der Waals surface area (Å²) in [7, 11) is 0. The number of carbonyl (C=O) groups is 4. The van der Waals surface area contributed by atoms with Crippen LogP contribution in [0.15, 0.2) is 36.5 Å². The first-order chi connectivity index (χ1) is 19.2. The molecule has 3 heterocycles. The van der Waals surface area contributed by atoms with Gasteiger partial charge < -0.3 is 25.0 Å². The molecule has 1 saturated carbocycles. The maximum atomic E-state index is 14.7. The van der Waals surface area contributed by atoms with Gasteiger partial charge in [-0.3, -0.25) is 19.2 Å². The van der Waals surface area contributed by atoms with Crippen LogP contribution in [0.3, 0.4) is 0 Å². The fourth-order valence-corrected chi connectivity index (χ4v) is 5.65. The summed E-state index contributed by atoms with van der Waals surface area (Å²) in [5.41, 5.74) is 1.27. The van der Waals surface area contributed by atoms with Crippen molar-refractivity contribution in [2.75, 3.05) is 26.2 Å². The van der Waals surface area contributed by atoms with Crippen LogP contribution in [0, 0.1) is 11.7 Å². The van der Waals surface area contributed by atoms with Crippen LogP contribution in [0.25, 0.3) is 0 Å². The number of nitrogens with one attached hydrogen (secondary N) is 2. The molecule has 1 aliphatic carbocycles. The number of amides is 4. The van der Waals surface area contributed by atoms with E-state index in [4.69, 9.17) is 0 Å². The number of halogens is 1. The van der Waals surface area contributed by atoms with Crippen molar-refractivity contribution in [1.29, 1.82) is 0 Å². The summed E-state index contributed by atoms with van der Waals surface area (Å²) in [6.45, 7) is 4.64. The number of aromatic nitrogens is 1. The van der Waals surface area contributed by atoms with E-state index >= 15 is 0 Å². The van der Waals surface area contributed by atoms with Gasteiger partial charge in [-0.2, -0.15) is 0 Å². The molecule has 9 nitrogen and oxygen atoms in total. The highest BCUT2D eigenvalue weighted by Crippen LogP contribution is 2.36. The van der Waals surface area contributed by atoms with E-state index in [1.165, 1.54) is 15.9 Å². The number of carbonyl (C=O) groups excluding carboxylic acids is 4. The van der Waals surface area contributed by atoms with Crippen molar-refractivity contribution in [2.24, 2.45) is 5.92 Å². The summed E-state index contributed by atoms with van der Waals surface area (Å²) in [5, 5.41) is 5.95. The molecule has 2 N–H and O–H groups in total. The molecular formula is C30H38FN5O4. The molecule has 0 radical (unpaired) electrons. The summed E-state index contributed by atoms with van der Waals surface area (Å²) >= 11 is 0. The normalized spacial score (nSPS) is 23.1. The highest BCUT2D eigenvalue weighted by atomic mass is 19.1. The molecule has 3 aliphatic rings. The number of benzene rings is 1. The maximum absolute atomic E-state index is 14.7. The number of nitrogens with zero attached hydrogens (tertiary/aromatic N) is 3. The van der Waals surface area contributed by atoms with Crippen molar-refractivity contribution in [1.82, 2.24) is 25.0 Å². The fourth-order valence-electron chi connectivity index (χ4n) is 5.65. The Labute approximate surface area is 234 Å². The lowest BCUT2D eigenvalue weighted by atomic mass is 10.0. The minimum atomic E-state index is -0.730. The Morgan fingerprint density at radius 2 is 1.88 bits per heavy atom. The van der Waals surface area contributed by atoms with Gasteiger partial charge in [-0.15, -0.1) is 0 Å². The van der Waals surface area contributed by atoms with Crippen molar-refractivity contribution in [3.05, 3.63) is 59.2 Å². The van der Waals surface area contributed by atoms with E-state index in [1.807, 2.05) is 30.7 Å². The number of rotatable bonds is 3. The van der Waals surface area contributed by atoms with Gasteiger partial charge in [0.2, 0.25) is 11.8 Å². The third-order valence-corrected chi connectivity index (χ3v) is 8.15. The molecule has 1 aromatic heterocycles. The van der Waals surface area contributed by atoms with Crippen molar-refractivity contribution < 1.29 is 23.6 Å². The van der Waals surface area contributed by atoms with Gasteiger partial charge in [-0.25, -0.2) is 4.39 Å². The Balaban J connectivity index is 1.44. The lowest BCUT2D eigenvalue weighted by Gasteiger charge is -2.32. The first kappa shape index (κ1) is 27.9. The zero-order chi connectivity index (χ0) is 28.4. The van der Waals surface area contributed by atoms with Gasteiger partial charge in [0.25, 0.3) is 11.8 Å². The first-order valence-electron chi connectivity index (χ1n) is 14.4. The van der Waals surface area contributed by atoms with Crippen LogP contribution in [0.4, 0.5) is 4.39 Å². The monoisotopic (exact) mass is 551 g/mol. The zero-order valence-electron chi connectivity index (χ0n) is 23.2. The van der Waals surface area contributed by atoms with Crippen molar-refractivity contribution in [3.8, 4) is 0 Å². The topological polar surface area (TPSA) is 104 Å². The van der Waals surface area contributed by atoms with E-state index in [-0.39, 0.29) is 42.3 Å². The van der Waals surface area contributed by atoms with E-state index in [9.17, 15) is 23.6 Å². The van der Waals surface area contributed by atoms with Gasteiger partial charge in [-0.05, 0) is 74.3 Å². The van der Waals surface area contributed by atoms with Crippen molar-refractivity contribution in [3.63, 3.8) is 0 Å². The van der Waals surface area contributed by atoms with Crippen molar-refractivity contribution >= 4 is 23.6 Å². The largest absolute Gasteiger partial charge is 0.355 e. The second-order valence-electron chi connectivity index (χ2n) is 11.5. The van der Waals surface area contributed by atoms with Crippen LogP contribution in [0.2, 0.25) is 0 Å². The average molecular weight is 552 g/mol. The van der Waals surface area contributed by atoms with E-state index in [2.05, 4.69) is 10.6 Å². The number of fused-ring (bicyclic) bond motifs is 3. The standard InChI is InChI=1S/C30H38FN5O4/c1-19(2)24-17-34(30(40)26-8-5-14-35(26)21-10-11-21)18-27(37)32-13-3-6-20-9-12-23(31)22(16-20)29(39)36-15-4-7-25(36)28(38)33-24/h5,8-9,12,14,16,19,21,24-25H,3-4,6-7,10-11,13,15,17-18H2,1-2H3,(H,32,37)(H,33,38)/t24-,25-/m0/s1. The van der Waals surface area contributed by atoms with E-state index in [1.54, 1.807) is 18.2 Å². The molecule has 1 saturated heterocycles. The molecule has 4 amide bonds. The van der Waals surface area contributed by atoms with Crippen LogP contribution in [-0.2, 0) is 16.0 Å². The van der Waals surface area contributed by atoms with E-state index < -0.39 is 23.8 Å². The van der Waals surface area contributed by atoms with Gasteiger partial charge >= 0.3 is 0 Å². The van der Waals surface area contributed by atoms with Crippen LogP contribution >= 0.6 is 0 Å². The van der Waals surface area contributed by atoms with Crippen molar-refractivity contribution in [2.45, 2.75) is 70.5 Å². The fraction of sp³-hybridized carbons (Fsp3) is 0.533. The Morgan fingerprint density at radius 3 is 2.62 bits per heavy atom. The molecule has 10 heteroatoms. The quantitative estimate of drug-likeness (QED) is 0.612. The van der Waals surface area contributed by atoms with Gasteiger partial charge in [0.15, 0.2) is 0 Å². The molecule has 2 fully saturated rings. The van der Waals surface area contributed by atoms with Gasteiger partial charge in [-0.1, -0.05) is 19.9 Å². The third-order valence-electron chi connectivity index (χ3n) is 8.15. The van der Waals surface area contributed by atoms with Gasteiger partial charge in [0.05, 0.1) is 12.1 Å². The highest BCUT2D eigenvalue weighted by Gasteiger charge is 2.37. The summed E-state index contributed by atoms with van der Waals surface area (Å²) in [6, 6.07) is 7.21. The van der Waals surface area contributed by atoms with Crippen LogP contribution in [0.1, 0.15) is 78.4 Å². The summed E-state index contributed by atoms with van der Waals surface area (Å²) < 4.78 is 16.7. The molecule has 1 aromatic carbocycles. The second-order valence-corrected chi connectivity index (χ2v) is 11.5. The Hall–Kier alpha value is -3.69. The number of hydrogen-bond donors (Lipinski definition) is 2. The van der Waals surface area contributed by atoms with E-state index in [0.29, 0.717) is 50.5 Å². The maximum Gasteiger partial charge on any atom is 0.271 e. The molecule has 0 unspecified atom stereocenters. The summed E-state index contributed by atoms with van der Waals surface area (Å²) in [6.07, 6.45) is 6.17. The smallest absolute Gasteiger partial charge is 0.271 e. The molecule has 2 aliphatic heterocycles. The Bertz CT molecular complexity index is 1290. The molecule has 40 heavy (non-hydrogen) atoms. The summed E-state index contributed by atoms with van der Waals surface area (Å²) in [4.78, 5) is 56.7. The molecule has 2 bridgehead atoms. The second kappa shape index (κ2) is 11.8. The predicted octanol–water partition coefficient (Wildman–Crippen LogP) is 2.91. The molecule has 0 spiro atoms. The third kappa shape index (κ3) is 6.05. The predicted molar refractivity (Wildman–Crippen MR) is 147 cm³/mol. The zero-order valence-corrected chi connectivity index (χ0v) is 23.2. The van der Waals surface area contributed by atoms with Gasteiger partial charge in [0, 0.05) is 37.9 Å². The average Bonchev–Trinajstić information content (AvgIpc) is 3.43. The minimum absolute atomic E-state index is 0.0404. The molecular weight excluding hydrogens is 513 g/mol. The Kier molecular flexibility index (Phi) is 8.23. The Morgan fingerprint density at radius 1 is 1.07 bits per heavy atom. The SMILES string of the molecule is CC(C)[C@@H]1CN(C(=O)c2cccn2C2CC2)CC(=O)NCCCc2ccc(F)c(c2)C(=O)N2CCC[C@H]2C(=O)N1. The van der Waals surface area contributed by atoms with Gasteiger partial charge in [0.1, 0.15) is 17.6 Å². The first-order valence-corrected chi connectivity index (χ1v) is 14.4. The number of aryl methyl sites for hydroxylation is 1. The molecule has 2 atom stereocenters.